The maximum Gasteiger partial charge on any atom is 0.110 e. The van der Waals surface area contributed by atoms with Crippen LogP contribution in [-0.4, -0.2) is 5.67 Å². The van der Waals surface area contributed by atoms with Gasteiger partial charge in [0.2, 0.25) is 0 Å². The highest BCUT2D eigenvalue weighted by Crippen LogP contribution is 2.28. The monoisotopic (exact) mass is 146 g/mol. The molecule has 0 aromatic heterocycles. The summed E-state index contributed by atoms with van der Waals surface area (Å²) in [6.45, 7) is 7.70. The molecule has 10 heavy (non-hydrogen) atoms. The zero-order valence-corrected chi connectivity index (χ0v) is 7.58. The SMILES string of the molecule is CCCC(C)C(C)(F)CC. The van der Waals surface area contributed by atoms with Gasteiger partial charge in [-0.1, -0.05) is 27.2 Å². The van der Waals surface area contributed by atoms with Crippen molar-refractivity contribution in [1.29, 1.82) is 0 Å². The quantitative estimate of drug-likeness (QED) is 0.569. The molecule has 0 fully saturated rings. The van der Waals surface area contributed by atoms with Crippen molar-refractivity contribution in [3.63, 3.8) is 0 Å². The molecule has 0 nitrogen and oxygen atoms in total. The Bertz CT molecular complexity index is 86.7. The number of rotatable bonds is 4. The minimum atomic E-state index is -0.948. The molecule has 0 bridgehead atoms. The predicted molar refractivity (Wildman–Crippen MR) is 43.9 cm³/mol. The van der Waals surface area contributed by atoms with Crippen LogP contribution in [0.15, 0.2) is 0 Å². The molecule has 1 heteroatoms. The minimum absolute atomic E-state index is 0.211. The van der Waals surface area contributed by atoms with Gasteiger partial charge in [-0.3, -0.25) is 0 Å². The Kier molecular flexibility index (Phi) is 3.92. The predicted octanol–water partition coefficient (Wildman–Crippen LogP) is 3.56. The summed E-state index contributed by atoms with van der Waals surface area (Å²) in [5.74, 6) is 0.211. The summed E-state index contributed by atoms with van der Waals surface area (Å²) in [6, 6.07) is 0. The summed E-state index contributed by atoms with van der Waals surface area (Å²) < 4.78 is 13.4. The number of hydrogen-bond acceptors (Lipinski definition) is 0. The third-order valence-corrected chi connectivity index (χ3v) is 2.44. The zero-order chi connectivity index (χ0) is 8.20. The van der Waals surface area contributed by atoms with Gasteiger partial charge in [0.15, 0.2) is 0 Å². The summed E-state index contributed by atoms with van der Waals surface area (Å²) in [6.07, 6.45) is 2.72. The van der Waals surface area contributed by atoms with Crippen LogP contribution in [0.2, 0.25) is 0 Å². The highest BCUT2D eigenvalue weighted by atomic mass is 19.1. The van der Waals surface area contributed by atoms with Crippen molar-refractivity contribution in [3.8, 4) is 0 Å². The first-order valence-corrected chi connectivity index (χ1v) is 4.23. The molecule has 0 spiro atoms. The Labute approximate surface area is 63.8 Å². The Morgan fingerprint density at radius 3 is 2.20 bits per heavy atom. The van der Waals surface area contributed by atoms with E-state index in [-0.39, 0.29) is 5.92 Å². The first-order valence-electron chi connectivity index (χ1n) is 4.23. The van der Waals surface area contributed by atoms with Crippen LogP contribution in [-0.2, 0) is 0 Å². The molecule has 2 unspecified atom stereocenters. The topological polar surface area (TPSA) is 0 Å². The van der Waals surface area contributed by atoms with Gasteiger partial charge < -0.3 is 0 Å². The lowest BCUT2D eigenvalue weighted by atomic mass is 9.87. The normalized spacial score (nSPS) is 20.1. The minimum Gasteiger partial charge on any atom is -0.244 e. The van der Waals surface area contributed by atoms with Gasteiger partial charge in [-0.15, -0.1) is 0 Å². The molecular formula is C9H19F. The van der Waals surface area contributed by atoms with Crippen LogP contribution in [0.25, 0.3) is 0 Å². The average molecular weight is 146 g/mol. The second kappa shape index (κ2) is 3.95. The summed E-state index contributed by atoms with van der Waals surface area (Å²) in [4.78, 5) is 0. The van der Waals surface area contributed by atoms with Gasteiger partial charge in [-0.25, -0.2) is 4.39 Å². The fraction of sp³-hybridized carbons (Fsp3) is 1.00. The Hall–Kier alpha value is -0.0700. The van der Waals surface area contributed by atoms with Crippen molar-refractivity contribution in [3.05, 3.63) is 0 Å². The third kappa shape index (κ3) is 2.68. The van der Waals surface area contributed by atoms with E-state index in [1.807, 2.05) is 13.8 Å². The summed E-state index contributed by atoms with van der Waals surface area (Å²) in [5.41, 5.74) is -0.948. The first-order chi connectivity index (χ1) is 4.54. The molecule has 0 radical (unpaired) electrons. The first kappa shape index (κ1) is 9.93. The second-order valence-electron chi connectivity index (χ2n) is 3.32. The van der Waals surface area contributed by atoms with Crippen LogP contribution in [0.3, 0.4) is 0 Å². The van der Waals surface area contributed by atoms with Crippen LogP contribution >= 0.6 is 0 Å². The standard InChI is InChI=1S/C9H19F/c1-5-7-8(3)9(4,10)6-2/h8H,5-7H2,1-4H3. The van der Waals surface area contributed by atoms with Crippen molar-refractivity contribution in [2.75, 3.05) is 0 Å². The van der Waals surface area contributed by atoms with Gasteiger partial charge in [0, 0.05) is 0 Å². The summed E-state index contributed by atoms with van der Waals surface area (Å²) >= 11 is 0. The molecule has 62 valence electrons. The fourth-order valence-electron chi connectivity index (χ4n) is 1.08. The lowest BCUT2D eigenvalue weighted by molar-refractivity contribution is 0.101. The van der Waals surface area contributed by atoms with Crippen LogP contribution in [0.5, 0.6) is 0 Å². The van der Waals surface area contributed by atoms with E-state index >= 15 is 0 Å². The van der Waals surface area contributed by atoms with Crippen molar-refractivity contribution in [2.24, 2.45) is 5.92 Å². The van der Waals surface area contributed by atoms with Crippen molar-refractivity contribution < 1.29 is 4.39 Å². The van der Waals surface area contributed by atoms with Gasteiger partial charge in [-0.2, -0.15) is 0 Å². The Morgan fingerprint density at radius 1 is 1.40 bits per heavy atom. The molecule has 0 heterocycles. The zero-order valence-electron chi connectivity index (χ0n) is 7.58. The van der Waals surface area contributed by atoms with E-state index < -0.39 is 5.67 Å². The van der Waals surface area contributed by atoms with Crippen LogP contribution in [0, 0.1) is 5.92 Å². The van der Waals surface area contributed by atoms with Crippen LogP contribution in [0.4, 0.5) is 4.39 Å². The van der Waals surface area contributed by atoms with Gasteiger partial charge in [-0.05, 0) is 25.7 Å². The summed E-state index contributed by atoms with van der Waals surface area (Å²) in [5, 5.41) is 0. The molecule has 2 atom stereocenters. The van der Waals surface area contributed by atoms with Crippen LogP contribution in [0.1, 0.15) is 47.0 Å². The Balaban J connectivity index is 3.78. The second-order valence-corrected chi connectivity index (χ2v) is 3.32. The fourth-order valence-corrected chi connectivity index (χ4v) is 1.08. The number of alkyl halides is 1. The average Bonchev–Trinajstić information content (AvgIpc) is 1.89. The van der Waals surface area contributed by atoms with E-state index in [4.69, 9.17) is 0 Å². The van der Waals surface area contributed by atoms with E-state index in [1.165, 1.54) is 0 Å². The number of halogens is 1. The molecule has 0 aliphatic carbocycles. The van der Waals surface area contributed by atoms with E-state index in [0.29, 0.717) is 6.42 Å². The summed E-state index contributed by atoms with van der Waals surface area (Å²) in [7, 11) is 0. The highest BCUT2D eigenvalue weighted by Gasteiger charge is 2.27. The van der Waals surface area contributed by atoms with Gasteiger partial charge >= 0.3 is 0 Å². The van der Waals surface area contributed by atoms with Gasteiger partial charge in [0.05, 0.1) is 0 Å². The lowest BCUT2D eigenvalue weighted by Crippen LogP contribution is -2.26. The van der Waals surface area contributed by atoms with Gasteiger partial charge in [0.25, 0.3) is 0 Å². The molecule has 0 aromatic carbocycles. The molecule has 0 amide bonds. The maximum atomic E-state index is 13.4. The molecular weight excluding hydrogens is 127 g/mol. The van der Waals surface area contributed by atoms with Crippen molar-refractivity contribution in [2.45, 2.75) is 52.6 Å². The van der Waals surface area contributed by atoms with E-state index in [1.54, 1.807) is 6.92 Å². The third-order valence-electron chi connectivity index (χ3n) is 2.44. The largest absolute Gasteiger partial charge is 0.244 e. The molecule has 0 rings (SSSR count). The highest BCUT2D eigenvalue weighted by molar-refractivity contribution is 4.77. The lowest BCUT2D eigenvalue weighted by Gasteiger charge is -2.25. The molecule has 0 N–H and O–H groups in total. The molecule has 0 aliphatic rings. The number of hydrogen-bond donors (Lipinski definition) is 0. The molecule has 0 saturated carbocycles. The van der Waals surface area contributed by atoms with Gasteiger partial charge in [0.1, 0.15) is 5.67 Å². The maximum absolute atomic E-state index is 13.4. The van der Waals surface area contributed by atoms with E-state index in [0.717, 1.165) is 12.8 Å². The van der Waals surface area contributed by atoms with Crippen molar-refractivity contribution in [1.82, 2.24) is 0 Å². The Morgan fingerprint density at radius 2 is 1.90 bits per heavy atom. The van der Waals surface area contributed by atoms with E-state index in [2.05, 4.69) is 6.92 Å². The van der Waals surface area contributed by atoms with Crippen LogP contribution < -0.4 is 0 Å². The smallest absolute Gasteiger partial charge is 0.110 e. The molecule has 0 aliphatic heterocycles. The molecule has 0 saturated heterocycles. The molecule has 0 aromatic rings. The van der Waals surface area contributed by atoms with Crippen molar-refractivity contribution >= 4 is 0 Å². The van der Waals surface area contributed by atoms with E-state index in [9.17, 15) is 4.39 Å².